The normalized spacial score (nSPS) is 8.11. The van der Waals surface area contributed by atoms with Crippen LogP contribution in [0.4, 0.5) is 0 Å². The zero-order valence-corrected chi connectivity index (χ0v) is 4.46. The van der Waals surface area contributed by atoms with Gasteiger partial charge in [0.25, 0.3) is 5.91 Å². The van der Waals surface area contributed by atoms with Crippen LogP contribution in [-0.2, 0) is 4.79 Å². The van der Waals surface area contributed by atoms with Crippen molar-refractivity contribution >= 4 is 5.91 Å². The Hall–Kier alpha value is -1.43. The second-order valence-corrected chi connectivity index (χ2v) is 1.21. The van der Waals surface area contributed by atoms with Crippen LogP contribution in [0.3, 0.4) is 0 Å². The lowest BCUT2D eigenvalue weighted by molar-refractivity contribution is -0.118. The van der Waals surface area contributed by atoms with E-state index in [9.17, 15) is 4.79 Å². The van der Waals surface area contributed by atoms with Crippen LogP contribution in [0.5, 0.6) is 0 Å². The van der Waals surface area contributed by atoms with Crippen molar-refractivity contribution in [1.29, 1.82) is 0 Å². The Morgan fingerprint density at radius 2 is 1.89 bits per heavy atom. The van der Waals surface area contributed by atoms with Crippen molar-refractivity contribution < 1.29 is 15.0 Å². The molecule has 1 amide bonds. The molecule has 0 rings (SSSR count). The van der Waals surface area contributed by atoms with E-state index in [2.05, 4.69) is 5.84 Å². The van der Waals surface area contributed by atoms with Crippen LogP contribution < -0.4 is 17.0 Å². The Morgan fingerprint density at radius 1 is 1.44 bits per heavy atom. The second kappa shape index (κ2) is 2.78. The molecule has 0 saturated heterocycles. The summed E-state index contributed by atoms with van der Waals surface area (Å²) in [5, 5.41) is 16.2. The van der Waals surface area contributed by atoms with Gasteiger partial charge in [-0.05, 0) is 0 Å². The summed E-state index contributed by atoms with van der Waals surface area (Å²) >= 11 is 0. The molecule has 0 heterocycles. The highest BCUT2D eigenvalue weighted by Crippen LogP contribution is 1.86. The predicted molar refractivity (Wildman–Crippen MR) is 28.8 cm³/mol. The lowest BCUT2D eigenvalue weighted by Gasteiger charge is -1.96. The van der Waals surface area contributed by atoms with Gasteiger partial charge in [-0.3, -0.25) is 10.2 Å². The first-order chi connectivity index (χ1) is 4.09. The van der Waals surface area contributed by atoms with E-state index in [-0.39, 0.29) is 0 Å². The van der Waals surface area contributed by atoms with E-state index in [1.807, 2.05) is 0 Å². The van der Waals surface area contributed by atoms with Gasteiger partial charge in [0.15, 0.2) is 5.70 Å². The van der Waals surface area contributed by atoms with Gasteiger partial charge in [-0.2, -0.15) is 0 Å². The number of amides is 1. The van der Waals surface area contributed by atoms with Gasteiger partial charge in [-0.15, -0.1) is 0 Å². The zero-order valence-electron chi connectivity index (χ0n) is 4.46. The van der Waals surface area contributed by atoms with E-state index in [0.717, 1.165) is 0 Å². The van der Waals surface area contributed by atoms with Gasteiger partial charge in [0.2, 0.25) is 0 Å². The van der Waals surface area contributed by atoms with Gasteiger partial charge in [0.05, 0.1) is 0 Å². The summed E-state index contributed by atoms with van der Waals surface area (Å²) in [4.78, 5) is 10.2. The van der Waals surface area contributed by atoms with E-state index in [1.54, 1.807) is 5.43 Å². The quantitative estimate of drug-likeness (QED) is 0.0951. The fourth-order valence-electron chi connectivity index (χ4n) is 0.179. The first kappa shape index (κ1) is 7.57. The van der Waals surface area contributed by atoms with Crippen LogP contribution in [-0.4, -0.2) is 16.1 Å². The monoisotopic (exact) mass is 133 g/mol. The van der Waals surface area contributed by atoms with E-state index < -0.39 is 17.5 Å². The summed E-state index contributed by atoms with van der Waals surface area (Å²) in [6, 6.07) is 0. The molecule has 0 bridgehead atoms. The summed E-state index contributed by atoms with van der Waals surface area (Å²) in [6.07, 6.45) is 0. The van der Waals surface area contributed by atoms with Crippen LogP contribution in [0, 0.1) is 0 Å². The van der Waals surface area contributed by atoms with Crippen LogP contribution in [0.2, 0.25) is 0 Å². The lowest BCUT2D eigenvalue weighted by atomic mass is 10.5. The molecule has 0 aromatic heterocycles. The number of nitrogens with one attached hydrogen (secondary N) is 1. The molecule has 0 aromatic rings. The Morgan fingerprint density at radius 3 is 2.00 bits per heavy atom. The van der Waals surface area contributed by atoms with Crippen LogP contribution in [0.1, 0.15) is 0 Å². The number of carbonyl (C=O) groups excluding carboxylic acids is 1. The number of hydrogen-bond acceptors (Lipinski definition) is 5. The number of rotatable bonds is 1. The topological polar surface area (TPSA) is 122 Å². The highest BCUT2D eigenvalue weighted by Gasteiger charge is 2.07. The number of hydrazine groups is 1. The molecule has 0 aliphatic carbocycles. The van der Waals surface area contributed by atoms with Crippen molar-refractivity contribution in [2.45, 2.75) is 0 Å². The van der Waals surface area contributed by atoms with Crippen molar-refractivity contribution in [2.75, 3.05) is 0 Å². The Labute approximate surface area is 50.7 Å². The van der Waals surface area contributed by atoms with E-state index in [1.165, 1.54) is 0 Å². The molecule has 52 valence electrons. The van der Waals surface area contributed by atoms with Gasteiger partial charge in [0, 0.05) is 0 Å². The van der Waals surface area contributed by atoms with Gasteiger partial charge in [-0.1, -0.05) is 0 Å². The molecule has 0 atom stereocenters. The van der Waals surface area contributed by atoms with Gasteiger partial charge in [0.1, 0.15) is 0 Å². The lowest BCUT2D eigenvalue weighted by Crippen LogP contribution is -2.34. The molecule has 9 heavy (non-hydrogen) atoms. The largest absolute Gasteiger partial charge is 0.479 e. The first-order valence-corrected chi connectivity index (χ1v) is 1.98. The minimum Gasteiger partial charge on any atom is -0.479 e. The molecule has 0 unspecified atom stereocenters. The zero-order chi connectivity index (χ0) is 7.44. The molecule has 0 radical (unpaired) electrons. The first-order valence-electron chi connectivity index (χ1n) is 1.98. The minimum atomic E-state index is -1.24. The van der Waals surface area contributed by atoms with E-state index in [0.29, 0.717) is 0 Å². The van der Waals surface area contributed by atoms with Crippen molar-refractivity contribution in [3.63, 3.8) is 0 Å². The molecule has 0 aliphatic heterocycles. The van der Waals surface area contributed by atoms with Crippen molar-refractivity contribution in [1.82, 2.24) is 5.43 Å². The minimum absolute atomic E-state index is 0.711. The third-order valence-corrected chi connectivity index (χ3v) is 0.617. The van der Waals surface area contributed by atoms with Crippen molar-refractivity contribution in [2.24, 2.45) is 11.6 Å². The fraction of sp³-hybridized carbons (Fsp3) is 0. The number of aliphatic hydroxyl groups excluding tert-OH is 1. The summed E-state index contributed by atoms with van der Waals surface area (Å²) < 4.78 is 0. The third-order valence-electron chi connectivity index (χ3n) is 0.617. The molecular weight excluding hydrogens is 126 g/mol. The Bertz CT molecular complexity index is 148. The maximum Gasteiger partial charge on any atom is 0.304 e. The Kier molecular flexibility index (Phi) is 2.33. The molecule has 0 aromatic carbocycles. The van der Waals surface area contributed by atoms with Gasteiger partial charge >= 0.3 is 5.95 Å². The van der Waals surface area contributed by atoms with Crippen LogP contribution in [0.15, 0.2) is 11.6 Å². The van der Waals surface area contributed by atoms with Gasteiger partial charge < -0.3 is 15.9 Å². The van der Waals surface area contributed by atoms with E-state index >= 15 is 0 Å². The molecule has 0 spiro atoms. The molecule has 6 heteroatoms. The van der Waals surface area contributed by atoms with E-state index in [4.69, 9.17) is 15.9 Å². The summed E-state index contributed by atoms with van der Waals surface area (Å²) in [5.41, 5.74) is 5.65. The SMILES string of the molecule is NNC(=O)C(N)=C(O)O. The Balaban J connectivity index is 4.21. The molecule has 0 fully saturated rings. The van der Waals surface area contributed by atoms with Gasteiger partial charge in [-0.25, -0.2) is 5.84 Å². The highest BCUT2D eigenvalue weighted by atomic mass is 16.5. The number of carbonyl (C=O) groups is 1. The molecule has 0 saturated carbocycles. The average molecular weight is 133 g/mol. The number of nitrogens with two attached hydrogens (primary N) is 2. The fourth-order valence-corrected chi connectivity index (χ4v) is 0.179. The highest BCUT2D eigenvalue weighted by molar-refractivity contribution is 5.91. The maximum atomic E-state index is 10.2. The molecule has 0 aliphatic rings. The molecular formula is C3H7N3O3. The average Bonchev–Trinajstić information content (AvgIpc) is 1.84. The summed E-state index contributed by atoms with van der Waals surface area (Å²) in [5.74, 6) is 2.40. The number of hydrogen-bond donors (Lipinski definition) is 5. The second-order valence-electron chi connectivity index (χ2n) is 1.21. The summed E-state index contributed by atoms with van der Waals surface area (Å²) in [7, 11) is 0. The molecule has 7 N–H and O–H groups in total. The molecule has 6 nitrogen and oxygen atoms in total. The maximum absolute atomic E-state index is 10.2. The summed E-state index contributed by atoms with van der Waals surface area (Å²) in [6.45, 7) is 0. The standard InChI is InChI=1S/C3H7N3O3/c4-1(3(8)9)2(7)6-5/h8-9H,4-5H2,(H,6,7). The third kappa shape index (κ3) is 1.87. The van der Waals surface area contributed by atoms with Crippen LogP contribution >= 0.6 is 0 Å². The van der Waals surface area contributed by atoms with Crippen LogP contribution in [0.25, 0.3) is 0 Å². The van der Waals surface area contributed by atoms with Crippen molar-refractivity contribution in [3.8, 4) is 0 Å². The predicted octanol–water partition coefficient (Wildman–Crippen LogP) is -1.78. The smallest absolute Gasteiger partial charge is 0.304 e. The van der Waals surface area contributed by atoms with Crippen molar-refractivity contribution in [3.05, 3.63) is 11.6 Å². The number of aliphatic hydroxyl groups is 2.